The van der Waals surface area contributed by atoms with Gasteiger partial charge in [-0.15, -0.1) is 0 Å². The van der Waals surface area contributed by atoms with E-state index in [-0.39, 0.29) is 11.7 Å². The standard InChI is InChI=1S/C22H19Br2N3O2/c1-12-19(22(29)27-18-9-8-15(24)11-25-18)20(13-4-2-5-14(23)10-13)21-16(26-12)6-3-7-17(21)28/h2,4-5,8-11,20,26H,3,6-7H2,1H3,(H,25,27,29)/t20-/m1/s1. The first-order valence-corrected chi connectivity index (χ1v) is 10.9. The molecule has 0 saturated heterocycles. The lowest BCUT2D eigenvalue weighted by molar-refractivity contribution is -0.116. The summed E-state index contributed by atoms with van der Waals surface area (Å²) >= 11 is 6.86. The van der Waals surface area contributed by atoms with Gasteiger partial charge in [0.2, 0.25) is 0 Å². The van der Waals surface area contributed by atoms with Gasteiger partial charge in [0.15, 0.2) is 5.78 Å². The van der Waals surface area contributed by atoms with Crippen LogP contribution in [0.3, 0.4) is 0 Å². The molecule has 0 saturated carbocycles. The van der Waals surface area contributed by atoms with Crippen molar-refractivity contribution in [3.8, 4) is 0 Å². The van der Waals surface area contributed by atoms with E-state index < -0.39 is 5.92 Å². The SMILES string of the molecule is CC1=C(C(=O)Nc2ccc(Br)cn2)[C@@H](c2cccc(Br)c2)C2=C(CCCC2=O)N1. The lowest BCUT2D eigenvalue weighted by Gasteiger charge is -2.34. The number of benzene rings is 1. The number of nitrogens with one attached hydrogen (secondary N) is 2. The third-order valence-corrected chi connectivity index (χ3v) is 6.13. The van der Waals surface area contributed by atoms with Crippen molar-refractivity contribution in [2.75, 3.05) is 5.32 Å². The van der Waals surface area contributed by atoms with E-state index in [1.807, 2.05) is 37.3 Å². The fraction of sp³-hybridized carbons (Fsp3) is 0.227. The Morgan fingerprint density at radius 2 is 2.00 bits per heavy atom. The minimum absolute atomic E-state index is 0.100. The van der Waals surface area contributed by atoms with Crippen LogP contribution in [0.1, 0.15) is 37.7 Å². The number of carbonyl (C=O) groups is 2. The Hall–Kier alpha value is -2.25. The van der Waals surface area contributed by atoms with Crippen molar-refractivity contribution in [2.45, 2.75) is 32.1 Å². The van der Waals surface area contributed by atoms with Gasteiger partial charge < -0.3 is 10.6 Å². The minimum atomic E-state index is -0.410. The number of rotatable bonds is 3. The molecule has 2 aliphatic rings. The normalized spacial score (nSPS) is 19.0. The van der Waals surface area contributed by atoms with Gasteiger partial charge in [0.05, 0.1) is 0 Å². The molecule has 1 aromatic carbocycles. The van der Waals surface area contributed by atoms with Crippen LogP contribution >= 0.6 is 31.9 Å². The van der Waals surface area contributed by atoms with Gasteiger partial charge in [-0.1, -0.05) is 28.1 Å². The maximum Gasteiger partial charge on any atom is 0.255 e. The first-order valence-electron chi connectivity index (χ1n) is 9.36. The van der Waals surface area contributed by atoms with Gasteiger partial charge in [-0.05, 0) is 65.5 Å². The Balaban J connectivity index is 1.78. The number of pyridine rings is 1. The number of ketones is 1. The van der Waals surface area contributed by atoms with Crippen LogP contribution in [0, 0.1) is 0 Å². The maximum absolute atomic E-state index is 13.3. The average molecular weight is 517 g/mol. The number of anilines is 1. The molecule has 1 amide bonds. The van der Waals surface area contributed by atoms with Crippen LogP contribution in [0.15, 0.2) is 74.1 Å². The van der Waals surface area contributed by atoms with E-state index >= 15 is 0 Å². The van der Waals surface area contributed by atoms with Crippen molar-refractivity contribution < 1.29 is 9.59 Å². The van der Waals surface area contributed by atoms with Gasteiger partial charge in [-0.2, -0.15) is 0 Å². The zero-order chi connectivity index (χ0) is 20.5. The highest BCUT2D eigenvalue weighted by Crippen LogP contribution is 2.42. The molecule has 0 bridgehead atoms. The van der Waals surface area contributed by atoms with Gasteiger partial charge in [0, 0.05) is 50.0 Å². The Kier molecular flexibility index (Phi) is 5.69. The Morgan fingerprint density at radius 1 is 1.17 bits per heavy atom. The van der Waals surface area contributed by atoms with E-state index in [2.05, 4.69) is 47.5 Å². The summed E-state index contributed by atoms with van der Waals surface area (Å²) in [6.07, 6.45) is 3.78. The zero-order valence-corrected chi connectivity index (χ0v) is 18.9. The number of allylic oxidation sites excluding steroid dienone is 3. The number of hydrogen-bond donors (Lipinski definition) is 2. The molecule has 0 unspecified atom stereocenters. The molecule has 1 aliphatic heterocycles. The quantitative estimate of drug-likeness (QED) is 0.587. The molecule has 4 rings (SSSR count). The van der Waals surface area contributed by atoms with Crippen molar-refractivity contribution in [3.63, 3.8) is 0 Å². The van der Waals surface area contributed by atoms with E-state index in [4.69, 9.17) is 0 Å². The van der Waals surface area contributed by atoms with Gasteiger partial charge in [-0.3, -0.25) is 9.59 Å². The average Bonchev–Trinajstić information content (AvgIpc) is 2.69. The smallest absolute Gasteiger partial charge is 0.255 e. The number of nitrogens with zero attached hydrogens (tertiary/aromatic N) is 1. The predicted molar refractivity (Wildman–Crippen MR) is 119 cm³/mol. The second-order valence-electron chi connectivity index (χ2n) is 7.14. The van der Waals surface area contributed by atoms with Gasteiger partial charge in [0.1, 0.15) is 5.82 Å². The van der Waals surface area contributed by atoms with Crippen LogP contribution in [0.2, 0.25) is 0 Å². The highest BCUT2D eigenvalue weighted by atomic mass is 79.9. The Bertz CT molecular complexity index is 1060. The summed E-state index contributed by atoms with van der Waals surface area (Å²) in [5.41, 5.74) is 3.85. The van der Waals surface area contributed by atoms with Crippen LogP contribution < -0.4 is 10.6 Å². The van der Waals surface area contributed by atoms with Crippen molar-refractivity contribution in [1.29, 1.82) is 0 Å². The van der Waals surface area contributed by atoms with E-state index in [0.717, 1.165) is 38.7 Å². The topological polar surface area (TPSA) is 71.1 Å². The number of dihydropyridines is 1. The van der Waals surface area contributed by atoms with E-state index in [0.29, 0.717) is 23.4 Å². The number of amides is 1. The third kappa shape index (κ3) is 4.07. The lowest BCUT2D eigenvalue weighted by Crippen LogP contribution is -2.35. The molecule has 0 fully saturated rings. The van der Waals surface area contributed by atoms with Gasteiger partial charge in [0.25, 0.3) is 5.91 Å². The van der Waals surface area contributed by atoms with Gasteiger partial charge in [-0.25, -0.2) is 4.98 Å². The maximum atomic E-state index is 13.3. The molecule has 0 radical (unpaired) electrons. The molecular formula is C22H19Br2N3O2. The molecule has 2 aromatic rings. The summed E-state index contributed by atoms with van der Waals surface area (Å²) in [7, 11) is 0. The summed E-state index contributed by atoms with van der Waals surface area (Å²) in [4.78, 5) is 30.4. The first-order chi connectivity index (χ1) is 13.9. The zero-order valence-electron chi connectivity index (χ0n) is 15.8. The molecule has 2 heterocycles. The Labute approximate surface area is 185 Å². The number of carbonyl (C=O) groups excluding carboxylic acids is 2. The van der Waals surface area contributed by atoms with Crippen molar-refractivity contribution in [2.24, 2.45) is 0 Å². The molecule has 0 spiro atoms. The number of aromatic nitrogens is 1. The summed E-state index contributed by atoms with van der Waals surface area (Å²) in [5, 5.41) is 6.21. The number of halogens is 2. The third-order valence-electron chi connectivity index (χ3n) is 5.17. The molecule has 1 aromatic heterocycles. The highest BCUT2D eigenvalue weighted by Gasteiger charge is 2.38. The molecule has 2 N–H and O–H groups in total. The van der Waals surface area contributed by atoms with Crippen LogP contribution in [0.25, 0.3) is 0 Å². The van der Waals surface area contributed by atoms with Crippen molar-refractivity contribution in [3.05, 3.63) is 79.6 Å². The fourth-order valence-electron chi connectivity index (χ4n) is 3.94. The molecular weight excluding hydrogens is 498 g/mol. The fourth-order valence-corrected chi connectivity index (χ4v) is 4.59. The summed E-state index contributed by atoms with van der Waals surface area (Å²) in [6, 6.07) is 11.4. The van der Waals surface area contributed by atoms with Crippen LogP contribution in [-0.4, -0.2) is 16.7 Å². The lowest BCUT2D eigenvalue weighted by atomic mass is 9.75. The van der Waals surface area contributed by atoms with E-state index in [9.17, 15) is 9.59 Å². The largest absolute Gasteiger partial charge is 0.362 e. The van der Waals surface area contributed by atoms with Gasteiger partial charge >= 0.3 is 0 Å². The second-order valence-corrected chi connectivity index (χ2v) is 8.97. The molecule has 7 heteroatoms. The van der Waals surface area contributed by atoms with Crippen LogP contribution in [-0.2, 0) is 9.59 Å². The van der Waals surface area contributed by atoms with Crippen LogP contribution in [0.5, 0.6) is 0 Å². The molecule has 148 valence electrons. The summed E-state index contributed by atoms with van der Waals surface area (Å²) in [6.45, 7) is 1.89. The molecule has 29 heavy (non-hydrogen) atoms. The van der Waals surface area contributed by atoms with E-state index in [1.54, 1.807) is 12.3 Å². The molecule has 1 aliphatic carbocycles. The highest BCUT2D eigenvalue weighted by molar-refractivity contribution is 9.10. The molecule has 1 atom stereocenters. The number of hydrogen-bond acceptors (Lipinski definition) is 4. The van der Waals surface area contributed by atoms with Crippen molar-refractivity contribution >= 4 is 49.4 Å². The minimum Gasteiger partial charge on any atom is -0.362 e. The van der Waals surface area contributed by atoms with E-state index in [1.165, 1.54) is 0 Å². The first kappa shape index (κ1) is 20.0. The monoisotopic (exact) mass is 515 g/mol. The summed E-state index contributed by atoms with van der Waals surface area (Å²) < 4.78 is 1.74. The van der Waals surface area contributed by atoms with Crippen LogP contribution in [0.4, 0.5) is 5.82 Å². The predicted octanol–water partition coefficient (Wildman–Crippen LogP) is 5.21. The summed E-state index contributed by atoms with van der Waals surface area (Å²) in [5.74, 6) is -0.115. The number of Topliss-reactive ketones (excluding diaryl/α,β-unsaturated/α-hetero) is 1. The Morgan fingerprint density at radius 3 is 2.72 bits per heavy atom. The van der Waals surface area contributed by atoms with Crippen molar-refractivity contribution in [1.82, 2.24) is 10.3 Å². The molecule has 5 nitrogen and oxygen atoms in total. The second kappa shape index (κ2) is 8.24.